The standard InChI is InChI=1S/C29H31NO4/c1-2-33-29(32)9-5-3-4-8-28(26-7-6-19-30-21-26)25-14-16-27(17-15-25)34-20-18-23-10-12-24(22-31)13-11-23/h6-8,10-17,19,21-22H,2-5,9,18,20H2,1H3/b28-8+. The van der Waals surface area contributed by atoms with Gasteiger partial charge in [0.1, 0.15) is 12.0 Å². The van der Waals surface area contributed by atoms with Crippen molar-refractivity contribution in [3.05, 3.63) is 101 Å². The van der Waals surface area contributed by atoms with Crippen LogP contribution < -0.4 is 4.74 Å². The molecular formula is C29H31NO4. The molecule has 0 aliphatic carbocycles. The lowest BCUT2D eigenvalue weighted by molar-refractivity contribution is -0.143. The van der Waals surface area contributed by atoms with Gasteiger partial charge in [0.25, 0.3) is 0 Å². The molecule has 0 amide bonds. The van der Waals surface area contributed by atoms with Gasteiger partial charge in [0.2, 0.25) is 0 Å². The van der Waals surface area contributed by atoms with Crippen LogP contribution in [0, 0.1) is 0 Å². The van der Waals surface area contributed by atoms with Crippen molar-refractivity contribution in [2.75, 3.05) is 13.2 Å². The average Bonchev–Trinajstić information content (AvgIpc) is 2.88. The number of carbonyl (C=O) groups excluding carboxylic acids is 2. The fourth-order valence-electron chi connectivity index (χ4n) is 3.60. The zero-order valence-corrected chi connectivity index (χ0v) is 19.6. The first kappa shape index (κ1) is 24.9. The summed E-state index contributed by atoms with van der Waals surface area (Å²) in [5, 5.41) is 0. The van der Waals surface area contributed by atoms with Crippen LogP contribution >= 0.6 is 0 Å². The maximum atomic E-state index is 11.5. The van der Waals surface area contributed by atoms with E-state index in [-0.39, 0.29) is 5.97 Å². The van der Waals surface area contributed by atoms with Gasteiger partial charge in [0, 0.05) is 36.4 Å². The van der Waals surface area contributed by atoms with Crippen molar-refractivity contribution < 1.29 is 19.1 Å². The zero-order valence-electron chi connectivity index (χ0n) is 19.6. The smallest absolute Gasteiger partial charge is 0.305 e. The second-order valence-electron chi connectivity index (χ2n) is 7.89. The fraction of sp³-hybridized carbons (Fsp3) is 0.276. The Labute approximate surface area is 201 Å². The van der Waals surface area contributed by atoms with Crippen molar-refractivity contribution in [1.29, 1.82) is 0 Å². The van der Waals surface area contributed by atoms with Gasteiger partial charge in [-0.3, -0.25) is 14.6 Å². The second-order valence-corrected chi connectivity index (χ2v) is 7.89. The summed E-state index contributed by atoms with van der Waals surface area (Å²) in [4.78, 5) is 26.6. The highest BCUT2D eigenvalue weighted by molar-refractivity contribution is 5.79. The Morgan fingerprint density at radius 2 is 1.76 bits per heavy atom. The van der Waals surface area contributed by atoms with E-state index in [1.165, 1.54) is 0 Å². The minimum atomic E-state index is -0.132. The molecule has 5 heteroatoms. The number of rotatable bonds is 13. The first-order chi connectivity index (χ1) is 16.7. The van der Waals surface area contributed by atoms with Gasteiger partial charge in [-0.05, 0) is 61.1 Å². The SMILES string of the molecule is CCOC(=O)CCCC/C=C(\c1ccc(OCCc2ccc(C=O)cc2)cc1)c1cccnc1. The van der Waals surface area contributed by atoms with Crippen LogP contribution in [0.15, 0.2) is 79.1 Å². The number of benzene rings is 2. The molecule has 176 valence electrons. The van der Waals surface area contributed by atoms with Crippen molar-refractivity contribution in [2.45, 2.75) is 39.0 Å². The molecule has 0 spiro atoms. The maximum absolute atomic E-state index is 11.5. The molecular weight excluding hydrogens is 426 g/mol. The largest absolute Gasteiger partial charge is 0.493 e. The molecule has 2 aromatic carbocycles. The molecule has 3 aromatic rings. The van der Waals surface area contributed by atoms with Gasteiger partial charge in [0.15, 0.2) is 0 Å². The van der Waals surface area contributed by atoms with E-state index in [1.807, 2.05) is 55.6 Å². The summed E-state index contributed by atoms with van der Waals surface area (Å²) >= 11 is 0. The third-order valence-corrected chi connectivity index (χ3v) is 5.40. The molecule has 0 radical (unpaired) electrons. The van der Waals surface area contributed by atoms with Crippen LogP contribution in [0.4, 0.5) is 0 Å². The Bertz CT molecular complexity index is 1060. The van der Waals surface area contributed by atoms with Gasteiger partial charge in [-0.25, -0.2) is 0 Å². The molecule has 34 heavy (non-hydrogen) atoms. The third kappa shape index (κ3) is 8.00. The number of hydrogen-bond acceptors (Lipinski definition) is 5. The number of hydrogen-bond donors (Lipinski definition) is 0. The normalized spacial score (nSPS) is 11.1. The number of carbonyl (C=O) groups is 2. The van der Waals surface area contributed by atoms with Gasteiger partial charge < -0.3 is 9.47 Å². The quantitative estimate of drug-likeness (QED) is 0.177. The highest BCUT2D eigenvalue weighted by Gasteiger charge is 2.07. The molecule has 3 rings (SSSR count). The van der Waals surface area contributed by atoms with E-state index in [9.17, 15) is 9.59 Å². The number of aldehydes is 1. The number of nitrogens with zero attached hydrogens (tertiary/aromatic N) is 1. The van der Waals surface area contributed by atoms with Crippen LogP contribution in [0.2, 0.25) is 0 Å². The van der Waals surface area contributed by atoms with Gasteiger partial charge >= 0.3 is 5.97 Å². The van der Waals surface area contributed by atoms with Gasteiger partial charge in [-0.1, -0.05) is 48.5 Å². The summed E-state index contributed by atoms with van der Waals surface area (Å²) < 4.78 is 10.9. The average molecular weight is 458 g/mol. The Morgan fingerprint density at radius 3 is 2.44 bits per heavy atom. The third-order valence-electron chi connectivity index (χ3n) is 5.40. The molecule has 0 atom stereocenters. The van der Waals surface area contributed by atoms with E-state index in [0.717, 1.165) is 60.0 Å². The summed E-state index contributed by atoms with van der Waals surface area (Å²) in [5.74, 6) is 0.681. The monoisotopic (exact) mass is 457 g/mol. The molecule has 0 fully saturated rings. The van der Waals surface area contributed by atoms with Crippen molar-refractivity contribution in [1.82, 2.24) is 4.98 Å². The van der Waals surface area contributed by atoms with E-state index >= 15 is 0 Å². The molecule has 1 aromatic heterocycles. The summed E-state index contributed by atoms with van der Waals surface area (Å²) in [7, 11) is 0. The van der Waals surface area contributed by atoms with Crippen molar-refractivity contribution in [2.24, 2.45) is 0 Å². The molecule has 0 bridgehead atoms. The van der Waals surface area contributed by atoms with E-state index < -0.39 is 0 Å². The van der Waals surface area contributed by atoms with Crippen LogP contribution in [-0.2, 0) is 16.0 Å². The predicted molar refractivity (Wildman–Crippen MR) is 134 cm³/mol. The van der Waals surface area contributed by atoms with Crippen molar-refractivity contribution in [3.63, 3.8) is 0 Å². The molecule has 1 heterocycles. The minimum absolute atomic E-state index is 0.132. The summed E-state index contributed by atoms with van der Waals surface area (Å²) in [6.07, 6.45) is 10.5. The van der Waals surface area contributed by atoms with E-state index in [4.69, 9.17) is 9.47 Å². The summed E-state index contributed by atoms with van der Waals surface area (Å²) in [6.45, 7) is 2.81. The molecule has 0 N–H and O–H groups in total. The summed E-state index contributed by atoms with van der Waals surface area (Å²) in [5.41, 5.74) is 5.07. The van der Waals surface area contributed by atoms with Crippen LogP contribution in [0.3, 0.4) is 0 Å². The first-order valence-corrected chi connectivity index (χ1v) is 11.7. The Hall–Kier alpha value is -3.73. The van der Waals surface area contributed by atoms with Gasteiger partial charge in [0.05, 0.1) is 13.2 Å². The number of allylic oxidation sites excluding steroid dienone is 1. The van der Waals surface area contributed by atoms with Gasteiger partial charge in [-0.2, -0.15) is 0 Å². The number of ether oxygens (including phenoxy) is 2. The zero-order chi connectivity index (χ0) is 24.0. The molecule has 0 unspecified atom stereocenters. The molecule has 5 nitrogen and oxygen atoms in total. The van der Waals surface area contributed by atoms with Crippen LogP contribution in [0.1, 0.15) is 59.7 Å². The highest BCUT2D eigenvalue weighted by atomic mass is 16.5. The Kier molecular flexibility index (Phi) is 10.1. The minimum Gasteiger partial charge on any atom is -0.493 e. The van der Waals surface area contributed by atoms with Crippen LogP contribution in [0.5, 0.6) is 5.75 Å². The van der Waals surface area contributed by atoms with Crippen molar-refractivity contribution in [3.8, 4) is 5.75 Å². The van der Waals surface area contributed by atoms with E-state index in [1.54, 1.807) is 6.20 Å². The van der Waals surface area contributed by atoms with E-state index in [0.29, 0.717) is 25.2 Å². The lowest BCUT2D eigenvalue weighted by Crippen LogP contribution is -2.03. The first-order valence-electron chi connectivity index (χ1n) is 11.7. The lowest BCUT2D eigenvalue weighted by atomic mass is 9.97. The van der Waals surface area contributed by atoms with Crippen LogP contribution in [-0.4, -0.2) is 30.5 Å². The topological polar surface area (TPSA) is 65.5 Å². The van der Waals surface area contributed by atoms with E-state index in [2.05, 4.69) is 29.3 Å². The molecule has 0 aliphatic rings. The molecule has 0 saturated heterocycles. The number of aromatic nitrogens is 1. The number of unbranched alkanes of at least 4 members (excludes halogenated alkanes) is 2. The van der Waals surface area contributed by atoms with Gasteiger partial charge in [-0.15, -0.1) is 0 Å². The maximum Gasteiger partial charge on any atom is 0.305 e. The lowest BCUT2D eigenvalue weighted by Gasteiger charge is -2.11. The highest BCUT2D eigenvalue weighted by Crippen LogP contribution is 2.26. The molecule has 0 aliphatic heterocycles. The molecule has 0 saturated carbocycles. The Balaban J connectivity index is 1.58. The number of esters is 1. The second kappa shape index (κ2) is 13.7. The number of pyridine rings is 1. The van der Waals surface area contributed by atoms with Crippen molar-refractivity contribution >= 4 is 17.8 Å². The van der Waals surface area contributed by atoms with Crippen LogP contribution in [0.25, 0.3) is 5.57 Å². The Morgan fingerprint density at radius 1 is 0.971 bits per heavy atom. The summed E-state index contributed by atoms with van der Waals surface area (Å²) in [6, 6.07) is 19.6. The fourth-order valence-corrected chi connectivity index (χ4v) is 3.60. The predicted octanol–water partition coefficient (Wildman–Crippen LogP) is 6.07.